The molecule has 4 heteroatoms. The quantitative estimate of drug-likeness (QED) is 0.0420. The van der Waals surface area contributed by atoms with Gasteiger partial charge in [0, 0.05) is 6.42 Å². The van der Waals surface area contributed by atoms with Gasteiger partial charge in [-0.25, -0.2) is 0 Å². The van der Waals surface area contributed by atoms with Gasteiger partial charge in [0.15, 0.2) is 0 Å². The molecule has 0 aliphatic carbocycles. The predicted molar refractivity (Wildman–Crippen MR) is 332 cm³/mol. The van der Waals surface area contributed by atoms with E-state index in [-0.39, 0.29) is 12.5 Å². The van der Waals surface area contributed by atoms with Gasteiger partial charge in [-0.2, -0.15) is 0 Å². The van der Waals surface area contributed by atoms with Crippen molar-refractivity contribution in [1.29, 1.82) is 0 Å². The first-order valence-corrected chi connectivity index (χ1v) is 34.6. The normalized spacial score (nSPS) is 12.8. The summed E-state index contributed by atoms with van der Waals surface area (Å²) < 4.78 is 0. The molecule has 0 radical (unpaired) electrons. The van der Waals surface area contributed by atoms with E-state index < -0.39 is 12.1 Å². The van der Waals surface area contributed by atoms with Crippen molar-refractivity contribution in [2.45, 2.75) is 411 Å². The Morgan fingerprint density at radius 1 is 0.311 bits per heavy atom. The van der Waals surface area contributed by atoms with Crippen molar-refractivity contribution in [3.05, 3.63) is 24.3 Å². The molecule has 0 aliphatic rings. The summed E-state index contributed by atoms with van der Waals surface area (Å²) in [5.74, 6) is -0.0642. The molecule has 0 aliphatic heterocycles. The third-order valence-electron chi connectivity index (χ3n) is 16.4. The van der Waals surface area contributed by atoms with Crippen LogP contribution in [0.25, 0.3) is 0 Å². The summed E-state index contributed by atoms with van der Waals surface area (Å²) in [6.07, 6.45) is 89.9. The average molecular weight is 1040 g/mol. The zero-order valence-electron chi connectivity index (χ0n) is 50.9. The number of hydrogen-bond donors (Lipinski definition) is 3. The van der Waals surface area contributed by atoms with Gasteiger partial charge in [0.25, 0.3) is 0 Å². The molecule has 0 aromatic carbocycles. The van der Waals surface area contributed by atoms with Crippen LogP contribution in [-0.4, -0.2) is 34.9 Å². The van der Waals surface area contributed by atoms with Crippen molar-refractivity contribution in [3.63, 3.8) is 0 Å². The Kier molecular flexibility index (Phi) is 65.1. The Hall–Kier alpha value is -1.13. The number of amides is 1. The van der Waals surface area contributed by atoms with Crippen LogP contribution in [0.2, 0.25) is 0 Å². The lowest BCUT2D eigenvalue weighted by Gasteiger charge is -2.19. The molecule has 2 atom stereocenters. The minimum absolute atomic E-state index is 0.0642. The molecule has 0 aromatic heterocycles. The van der Waals surface area contributed by atoms with Gasteiger partial charge in [0.1, 0.15) is 0 Å². The molecule has 0 rings (SSSR count). The molecule has 1 amide bonds. The van der Waals surface area contributed by atoms with Gasteiger partial charge in [-0.15, -0.1) is 0 Å². The highest BCUT2D eigenvalue weighted by Crippen LogP contribution is 2.19. The SMILES string of the molecule is CCCCCCCCCCCCCCCCCCCCCCCCCCCC/C=C/CC/C=C/C(O)C(CO)NC(=O)CCCCCCCCCCCCCCCCCCCCCCCCCCCCCCCC. The van der Waals surface area contributed by atoms with Crippen molar-refractivity contribution >= 4 is 5.91 Å². The lowest BCUT2D eigenvalue weighted by atomic mass is 10.0. The fraction of sp³-hybridized carbons (Fsp3) is 0.929. The van der Waals surface area contributed by atoms with Crippen LogP contribution in [-0.2, 0) is 4.79 Å². The fourth-order valence-corrected chi connectivity index (χ4v) is 11.2. The summed E-state index contributed by atoms with van der Waals surface area (Å²) >= 11 is 0. The van der Waals surface area contributed by atoms with E-state index in [1.54, 1.807) is 6.08 Å². The van der Waals surface area contributed by atoms with E-state index in [0.717, 1.165) is 32.1 Å². The second kappa shape index (κ2) is 66.2. The molecule has 0 saturated heterocycles. The number of carbonyl (C=O) groups is 1. The van der Waals surface area contributed by atoms with E-state index in [1.807, 2.05) is 6.08 Å². The Bertz CT molecular complexity index is 1090. The Morgan fingerprint density at radius 3 is 0.784 bits per heavy atom. The molecule has 4 nitrogen and oxygen atoms in total. The van der Waals surface area contributed by atoms with Crippen LogP contribution in [0, 0.1) is 0 Å². The monoisotopic (exact) mass is 1040 g/mol. The minimum Gasteiger partial charge on any atom is -0.394 e. The molecular weight excluding hydrogens is 903 g/mol. The molecule has 0 saturated carbocycles. The number of rotatable bonds is 65. The summed E-state index contributed by atoms with van der Waals surface area (Å²) in [6, 6.07) is -0.638. The molecule has 0 aromatic rings. The van der Waals surface area contributed by atoms with Crippen LogP contribution < -0.4 is 5.32 Å². The molecule has 0 heterocycles. The fourth-order valence-electron chi connectivity index (χ4n) is 11.2. The van der Waals surface area contributed by atoms with Crippen LogP contribution in [0.15, 0.2) is 24.3 Å². The molecule has 0 spiro atoms. The third kappa shape index (κ3) is 61.7. The van der Waals surface area contributed by atoms with Crippen molar-refractivity contribution in [3.8, 4) is 0 Å². The van der Waals surface area contributed by atoms with E-state index in [1.165, 1.54) is 347 Å². The molecule has 0 bridgehead atoms. The molecule has 440 valence electrons. The highest BCUT2D eigenvalue weighted by Gasteiger charge is 2.18. The second-order valence-electron chi connectivity index (χ2n) is 24.0. The van der Waals surface area contributed by atoms with Crippen LogP contribution in [0.5, 0.6) is 0 Å². The van der Waals surface area contributed by atoms with Crippen LogP contribution in [0.1, 0.15) is 399 Å². The molecule has 3 N–H and O–H groups in total. The third-order valence-corrected chi connectivity index (χ3v) is 16.4. The zero-order chi connectivity index (χ0) is 53.4. The number of nitrogens with one attached hydrogen (secondary N) is 1. The van der Waals surface area contributed by atoms with Gasteiger partial charge in [0.05, 0.1) is 18.8 Å². The largest absolute Gasteiger partial charge is 0.394 e. The number of allylic oxidation sites excluding steroid dienone is 3. The van der Waals surface area contributed by atoms with Crippen LogP contribution in [0.4, 0.5) is 0 Å². The number of hydrogen-bond acceptors (Lipinski definition) is 3. The maximum atomic E-state index is 12.5. The van der Waals surface area contributed by atoms with E-state index in [0.29, 0.717) is 6.42 Å². The summed E-state index contributed by atoms with van der Waals surface area (Å²) in [6.45, 7) is 4.35. The minimum atomic E-state index is -0.861. The summed E-state index contributed by atoms with van der Waals surface area (Å²) in [7, 11) is 0. The maximum absolute atomic E-state index is 12.5. The first-order valence-electron chi connectivity index (χ1n) is 34.6. The topological polar surface area (TPSA) is 69.6 Å². The lowest BCUT2D eigenvalue weighted by Crippen LogP contribution is -2.45. The van der Waals surface area contributed by atoms with Gasteiger partial charge in [-0.1, -0.05) is 385 Å². The molecular formula is C70H137NO3. The van der Waals surface area contributed by atoms with Gasteiger partial charge in [-0.3, -0.25) is 4.79 Å². The molecule has 74 heavy (non-hydrogen) atoms. The lowest BCUT2D eigenvalue weighted by molar-refractivity contribution is -0.123. The van der Waals surface area contributed by atoms with Crippen molar-refractivity contribution in [1.82, 2.24) is 5.32 Å². The summed E-state index contributed by atoms with van der Waals surface area (Å²) in [5.41, 5.74) is 0. The van der Waals surface area contributed by atoms with E-state index in [2.05, 4.69) is 31.3 Å². The zero-order valence-corrected chi connectivity index (χ0v) is 50.9. The highest BCUT2D eigenvalue weighted by atomic mass is 16.3. The second-order valence-corrected chi connectivity index (χ2v) is 24.0. The van der Waals surface area contributed by atoms with Crippen LogP contribution >= 0.6 is 0 Å². The van der Waals surface area contributed by atoms with Gasteiger partial charge in [0.2, 0.25) is 5.91 Å². The maximum Gasteiger partial charge on any atom is 0.220 e. The predicted octanol–water partition coefficient (Wildman–Crippen LogP) is 23.4. The van der Waals surface area contributed by atoms with Gasteiger partial charge < -0.3 is 15.5 Å². The standard InChI is InChI=1S/C70H137NO3/c1-3-5-7-9-11-13-15-17-19-21-23-25-27-29-31-33-35-36-37-39-41-43-45-47-49-51-53-55-57-59-61-63-65-69(73)68(67-72)71-70(74)66-64-62-60-58-56-54-52-50-48-46-44-42-40-38-34-32-30-28-26-24-22-20-18-16-14-12-10-8-6-4-2/h55,57,63,65,68-69,72-73H,3-54,56,58-62,64,66-67H2,1-2H3,(H,71,74)/b57-55+,65-63+. The van der Waals surface area contributed by atoms with E-state index >= 15 is 0 Å². The van der Waals surface area contributed by atoms with E-state index in [4.69, 9.17) is 0 Å². The number of aliphatic hydroxyl groups excluding tert-OH is 2. The highest BCUT2D eigenvalue weighted by molar-refractivity contribution is 5.76. The summed E-state index contributed by atoms with van der Waals surface area (Å²) in [5, 5.41) is 23.3. The Morgan fingerprint density at radius 2 is 0.527 bits per heavy atom. The van der Waals surface area contributed by atoms with Crippen LogP contribution in [0.3, 0.4) is 0 Å². The first-order chi connectivity index (χ1) is 36.7. The van der Waals surface area contributed by atoms with Gasteiger partial charge in [-0.05, 0) is 32.1 Å². The Balaban J connectivity index is 3.43. The molecule has 0 fully saturated rings. The Labute approximate surface area is 466 Å². The first kappa shape index (κ1) is 72.9. The van der Waals surface area contributed by atoms with E-state index in [9.17, 15) is 15.0 Å². The summed E-state index contributed by atoms with van der Waals surface area (Å²) in [4.78, 5) is 12.5. The van der Waals surface area contributed by atoms with Gasteiger partial charge >= 0.3 is 0 Å². The number of carbonyl (C=O) groups excluding carboxylic acids is 1. The van der Waals surface area contributed by atoms with Crippen molar-refractivity contribution in [2.75, 3.05) is 6.61 Å². The van der Waals surface area contributed by atoms with Crippen molar-refractivity contribution < 1.29 is 15.0 Å². The number of unbranched alkanes of at least 4 members (excludes halogenated alkanes) is 56. The molecule has 2 unspecified atom stereocenters. The average Bonchev–Trinajstić information content (AvgIpc) is 3.40. The number of aliphatic hydroxyl groups is 2. The smallest absolute Gasteiger partial charge is 0.220 e. The van der Waals surface area contributed by atoms with Crippen molar-refractivity contribution in [2.24, 2.45) is 0 Å².